The predicted molar refractivity (Wildman–Crippen MR) is 79.5 cm³/mol. The van der Waals surface area contributed by atoms with Gasteiger partial charge in [0.2, 0.25) is 0 Å². The first-order valence-corrected chi connectivity index (χ1v) is 8.32. The van der Waals surface area contributed by atoms with Gasteiger partial charge in [0.1, 0.15) is 5.60 Å². The van der Waals surface area contributed by atoms with E-state index < -0.39 is 0 Å². The molecule has 2 fully saturated rings. The molecule has 0 N–H and O–H groups in total. The Bertz CT molecular complexity index is 305. The molecule has 0 radical (unpaired) electrons. The van der Waals surface area contributed by atoms with Crippen molar-refractivity contribution in [2.45, 2.75) is 96.4 Å². The number of carbonyl (C=O) groups is 1. The zero-order chi connectivity index (χ0) is 14.6. The summed E-state index contributed by atoms with van der Waals surface area (Å²) < 4.78 is 11.7. The molecule has 0 aromatic heterocycles. The van der Waals surface area contributed by atoms with Gasteiger partial charge in [0.05, 0.1) is 18.1 Å². The molecule has 0 aliphatic heterocycles. The van der Waals surface area contributed by atoms with Crippen molar-refractivity contribution in [3.63, 3.8) is 0 Å². The molecular weight excluding hydrogens is 252 g/mol. The first kappa shape index (κ1) is 15.8. The van der Waals surface area contributed by atoms with Crippen molar-refractivity contribution in [2.75, 3.05) is 0 Å². The first-order valence-electron chi connectivity index (χ1n) is 8.32. The van der Waals surface area contributed by atoms with Crippen molar-refractivity contribution in [3.05, 3.63) is 0 Å². The van der Waals surface area contributed by atoms with Gasteiger partial charge in [-0.1, -0.05) is 19.3 Å². The van der Waals surface area contributed by atoms with E-state index in [1.807, 2.05) is 20.8 Å². The highest BCUT2D eigenvalue weighted by Gasteiger charge is 2.31. The fourth-order valence-electron chi connectivity index (χ4n) is 3.29. The molecule has 0 amide bonds. The Balaban J connectivity index is 1.70. The van der Waals surface area contributed by atoms with Gasteiger partial charge in [0, 0.05) is 0 Å². The van der Waals surface area contributed by atoms with Crippen LogP contribution in [0.15, 0.2) is 0 Å². The molecular formula is C17H30O3. The van der Waals surface area contributed by atoms with Gasteiger partial charge in [-0.2, -0.15) is 0 Å². The van der Waals surface area contributed by atoms with Crippen LogP contribution in [-0.4, -0.2) is 23.8 Å². The molecule has 0 heterocycles. The minimum atomic E-state index is -0.369. The van der Waals surface area contributed by atoms with E-state index in [0.717, 1.165) is 25.7 Å². The summed E-state index contributed by atoms with van der Waals surface area (Å²) in [5, 5.41) is 0. The standard InChI is InChI=1S/C17H30O3/c1-17(2,3)20-16(18)13-9-11-15(12-10-13)19-14-7-5-4-6-8-14/h13-15H,4-12H2,1-3H3. The maximum Gasteiger partial charge on any atom is 0.309 e. The van der Waals surface area contributed by atoms with Gasteiger partial charge in [-0.3, -0.25) is 4.79 Å². The third kappa shape index (κ3) is 5.08. The molecule has 20 heavy (non-hydrogen) atoms. The Morgan fingerprint density at radius 2 is 1.40 bits per heavy atom. The van der Waals surface area contributed by atoms with E-state index in [2.05, 4.69) is 0 Å². The highest BCUT2D eigenvalue weighted by molar-refractivity contribution is 5.72. The topological polar surface area (TPSA) is 35.5 Å². The zero-order valence-electron chi connectivity index (χ0n) is 13.3. The summed E-state index contributed by atoms with van der Waals surface area (Å²) in [6.45, 7) is 5.80. The van der Waals surface area contributed by atoms with Crippen molar-refractivity contribution in [1.29, 1.82) is 0 Å². The molecule has 0 aromatic rings. The quantitative estimate of drug-likeness (QED) is 0.726. The van der Waals surface area contributed by atoms with Crippen LogP contribution < -0.4 is 0 Å². The molecule has 0 atom stereocenters. The van der Waals surface area contributed by atoms with Crippen molar-refractivity contribution in [3.8, 4) is 0 Å². The van der Waals surface area contributed by atoms with Crippen molar-refractivity contribution >= 4 is 5.97 Å². The smallest absolute Gasteiger partial charge is 0.309 e. The third-order valence-electron chi connectivity index (χ3n) is 4.35. The minimum absolute atomic E-state index is 0.0198. The Hall–Kier alpha value is -0.570. The average Bonchev–Trinajstić information content (AvgIpc) is 2.39. The molecule has 116 valence electrons. The van der Waals surface area contributed by atoms with Crippen LogP contribution in [0.5, 0.6) is 0 Å². The zero-order valence-corrected chi connectivity index (χ0v) is 13.3. The predicted octanol–water partition coefficient (Wildman–Crippen LogP) is 4.24. The Morgan fingerprint density at radius 3 is 1.95 bits per heavy atom. The number of ether oxygens (including phenoxy) is 2. The van der Waals surface area contributed by atoms with E-state index in [-0.39, 0.29) is 17.5 Å². The van der Waals surface area contributed by atoms with E-state index in [9.17, 15) is 4.79 Å². The van der Waals surface area contributed by atoms with Crippen LogP contribution >= 0.6 is 0 Å². The van der Waals surface area contributed by atoms with Gasteiger partial charge < -0.3 is 9.47 Å². The van der Waals surface area contributed by atoms with E-state index in [1.165, 1.54) is 32.1 Å². The first-order chi connectivity index (χ1) is 9.44. The van der Waals surface area contributed by atoms with Crippen LogP contribution in [0.1, 0.15) is 78.6 Å². The van der Waals surface area contributed by atoms with Crippen LogP contribution in [0.2, 0.25) is 0 Å². The molecule has 3 heteroatoms. The molecule has 3 nitrogen and oxygen atoms in total. The SMILES string of the molecule is CC(C)(C)OC(=O)C1CCC(OC2CCCCC2)CC1. The van der Waals surface area contributed by atoms with Gasteiger partial charge >= 0.3 is 5.97 Å². The number of carbonyl (C=O) groups excluding carboxylic acids is 1. The van der Waals surface area contributed by atoms with Gasteiger partial charge in [0.25, 0.3) is 0 Å². The van der Waals surface area contributed by atoms with Crippen molar-refractivity contribution in [2.24, 2.45) is 5.92 Å². The van der Waals surface area contributed by atoms with Crippen LogP contribution in [0.25, 0.3) is 0 Å². The summed E-state index contributed by atoms with van der Waals surface area (Å²) in [5.41, 5.74) is -0.369. The van der Waals surface area contributed by atoms with Crippen LogP contribution in [0, 0.1) is 5.92 Å². The highest BCUT2D eigenvalue weighted by atomic mass is 16.6. The van der Waals surface area contributed by atoms with E-state index >= 15 is 0 Å². The van der Waals surface area contributed by atoms with E-state index in [1.54, 1.807) is 0 Å². The summed E-state index contributed by atoms with van der Waals surface area (Å²) in [5.74, 6) is 0.0639. The molecule has 0 bridgehead atoms. The molecule has 0 unspecified atom stereocenters. The number of hydrogen-bond donors (Lipinski definition) is 0. The van der Waals surface area contributed by atoms with Gasteiger partial charge in [-0.25, -0.2) is 0 Å². The van der Waals surface area contributed by atoms with Crippen molar-refractivity contribution in [1.82, 2.24) is 0 Å². The molecule has 2 rings (SSSR count). The number of rotatable bonds is 3. The lowest BCUT2D eigenvalue weighted by molar-refractivity contribution is -0.162. The average molecular weight is 282 g/mol. The maximum absolute atomic E-state index is 12.0. The lowest BCUT2D eigenvalue weighted by atomic mass is 9.87. The molecule has 0 spiro atoms. The second kappa shape index (κ2) is 6.93. The lowest BCUT2D eigenvalue weighted by Crippen LogP contribution is -2.34. The molecule has 2 aliphatic rings. The summed E-state index contributed by atoms with van der Waals surface area (Å²) in [6, 6.07) is 0. The Kier molecular flexibility index (Phi) is 5.48. The second-order valence-corrected chi connectivity index (χ2v) is 7.40. The second-order valence-electron chi connectivity index (χ2n) is 7.40. The Labute approximate surface area is 123 Å². The van der Waals surface area contributed by atoms with E-state index in [0.29, 0.717) is 12.2 Å². The highest BCUT2D eigenvalue weighted by Crippen LogP contribution is 2.31. The fraction of sp³-hybridized carbons (Fsp3) is 0.941. The van der Waals surface area contributed by atoms with Crippen LogP contribution in [0.3, 0.4) is 0 Å². The van der Waals surface area contributed by atoms with Crippen LogP contribution in [-0.2, 0) is 14.3 Å². The summed E-state index contributed by atoms with van der Waals surface area (Å²) in [4.78, 5) is 12.0. The van der Waals surface area contributed by atoms with Gasteiger partial charge in [0.15, 0.2) is 0 Å². The fourth-order valence-corrected chi connectivity index (χ4v) is 3.29. The molecule has 0 aromatic carbocycles. The summed E-state index contributed by atoms with van der Waals surface area (Å²) in [6.07, 6.45) is 11.2. The summed E-state index contributed by atoms with van der Waals surface area (Å²) >= 11 is 0. The molecule has 2 saturated carbocycles. The minimum Gasteiger partial charge on any atom is -0.460 e. The number of hydrogen-bond acceptors (Lipinski definition) is 3. The summed E-state index contributed by atoms with van der Waals surface area (Å²) in [7, 11) is 0. The largest absolute Gasteiger partial charge is 0.460 e. The Morgan fingerprint density at radius 1 is 0.850 bits per heavy atom. The maximum atomic E-state index is 12.0. The molecule has 0 saturated heterocycles. The lowest BCUT2D eigenvalue weighted by Gasteiger charge is -2.33. The monoisotopic (exact) mass is 282 g/mol. The third-order valence-corrected chi connectivity index (χ3v) is 4.35. The van der Waals surface area contributed by atoms with Gasteiger partial charge in [-0.05, 0) is 59.3 Å². The van der Waals surface area contributed by atoms with Crippen molar-refractivity contribution < 1.29 is 14.3 Å². The van der Waals surface area contributed by atoms with Gasteiger partial charge in [-0.15, -0.1) is 0 Å². The van der Waals surface area contributed by atoms with Crippen LogP contribution in [0.4, 0.5) is 0 Å². The number of esters is 1. The van der Waals surface area contributed by atoms with E-state index in [4.69, 9.17) is 9.47 Å². The normalized spacial score (nSPS) is 29.1. The molecule has 2 aliphatic carbocycles.